The highest BCUT2D eigenvalue weighted by Gasteiger charge is 2.11. The van der Waals surface area contributed by atoms with Gasteiger partial charge in [-0.1, -0.05) is 12.5 Å². The largest absolute Gasteiger partial charge is 0.490 e. The number of hydrogen-bond acceptors (Lipinski definition) is 4. The van der Waals surface area contributed by atoms with Crippen LogP contribution in [0.1, 0.15) is 31.2 Å². The first-order valence-corrected chi connectivity index (χ1v) is 8.23. The van der Waals surface area contributed by atoms with E-state index in [0.717, 1.165) is 50.8 Å². The molecule has 1 N–H and O–H groups in total. The summed E-state index contributed by atoms with van der Waals surface area (Å²) in [4.78, 5) is 2.56. The number of benzene rings is 1. The van der Waals surface area contributed by atoms with Crippen LogP contribution in [0.3, 0.4) is 0 Å². The van der Waals surface area contributed by atoms with E-state index in [2.05, 4.69) is 22.3 Å². The third kappa shape index (κ3) is 4.35. The molecule has 116 valence electrons. The predicted octanol–water partition coefficient (Wildman–Crippen LogP) is 2.42. The van der Waals surface area contributed by atoms with Gasteiger partial charge in [-0.25, -0.2) is 0 Å². The minimum atomic E-state index is 0.749. The van der Waals surface area contributed by atoms with Crippen molar-refractivity contribution in [1.82, 2.24) is 10.2 Å². The summed E-state index contributed by atoms with van der Waals surface area (Å²) in [7, 11) is 0. The molecule has 1 saturated heterocycles. The third-order valence-corrected chi connectivity index (χ3v) is 4.19. The van der Waals surface area contributed by atoms with Gasteiger partial charge in [0.15, 0.2) is 11.5 Å². The fourth-order valence-electron chi connectivity index (χ4n) is 2.97. The van der Waals surface area contributed by atoms with Gasteiger partial charge in [-0.05, 0) is 43.6 Å². The first kappa shape index (κ1) is 14.7. The van der Waals surface area contributed by atoms with E-state index < -0.39 is 0 Å². The topological polar surface area (TPSA) is 33.7 Å². The molecule has 3 rings (SSSR count). The lowest BCUT2D eigenvalue weighted by Crippen LogP contribution is -2.35. The molecule has 2 heterocycles. The Hall–Kier alpha value is -1.26. The summed E-state index contributed by atoms with van der Waals surface area (Å²) in [5.41, 5.74) is 1.26. The molecular weight excluding hydrogens is 264 g/mol. The van der Waals surface area contributed by atoms with Crippen LogP contribution in [-0.4, -0.2) is 44.3 Å². The average Bonchev–Trinajstić information content (AvgIpc) is 2.77. The van der Waals surface area contributed by atoms with Crippen molar-refractivity contribution in [3.63, 3.8) is 0 Å². The molecule has 0 aliphatic carbocycles. The van der Waals surface area contributed by atoms with E-state index in [1.54, 1.807) is 0 Å². The van der Waals surface area contributed by atoms with E-state index >= 15 is 0 Å². The first-order chi connectivity index (χ1) is 10.4. The first-order valence-electron chi connectivity index (χ1n) is 8.23. The smallest absolute Gasteiger partial charge is 0.161 e. The second kappa shape index (κ2) is 7.66. The summed E-state index contributed by atoms with van der Waals surface area (Å²) in [5.74, 6) is 1.77. The Morgan fingerprint density at radius 1 is 0.952 bits per heavy atom. The van der Waals surface area contributed by atoms with Crippen molar-refractivity contribution in [2.24, 2.45) is 0 Å². The van der Waals surface area contributed by atoms with Crippen molar-refractivity contribution in [1.29, 1.82) is 0 Å². The number of ether oxygens (including phenoxy) is 2. The molecule has 2 aliphatic heterocycles. The van der Waals surface area contributed by atoms with E-state index in [9.17, 15) is 0 Å². The molecular formula is C17H26N2O2. The molecule has 0 radical (unpaired) electrons. The fraction of sp³-hybridized carbons (Fsp3) is 0.647. The lowest BCUT2D eigenvalue weighted by atomic mass is 10.1. The molecule has 0 saturated carbocycles. The quantitative estimate of drug-likeness (QED) is 0.845. The van der Waals surface area contributed by atoms with Crippen LogP contribution in [0.2, 0.25) is 0 Å². The Kier molecular flexibility index (Phi) is 5.35. The zero-order valence-corrected chi connectivity index (χ0v) is 12.8. The summed E-state index contributed by atoms with van der Waals surface area (Å²) < 4.78 is 11.4. The van der Waals surface area contributed by atoms with Gasteiger partial charge >= 0.3 is 0 Å². The molecule has 1 fully saturated rings. The summed E-state index contributed by atoms with van der Waals surface area (Å²) in [6.45, 7) is 7.14. The summed E-state index contributed by atoms with van der Waals surface area (Å²) in [6.07, 6.45) is 5.09. The predicted molar refractivity (Wildman–Crippen MR) is 84.0 cm³/mol. The van der Waals surface area contributed by atoms with Crippen molar-refractivity contribution >= 4 is 0 Å². The van der Waals surface area contributed by atoms with Crippen LogP contribution in [0, 0.1) is 0 Å². The van der Waals surface area contributed by atoms with E-state index in [0.29, 0.717) is 0 Å². The summed E-state index contributed by atoms with van der Waals surface area (Å²) in [5, 5.41) is 3.53. The molecule has 0 atom stereocenters. The van der Waals surface area contributed by atoms with E-state index in [1.165, 1.54) is 37.9 Å². The van der Waals surface area contributed by atoms with Gasteiger partial charge in [0.05, 0.1) is 13.2 Å². The lowest BCUT2D eigenvalue weighted by Gasteiger charge is -2.26. The molecule has 0 amide bonds. The molecule has 0 aromatic heterocycles. The minimum Gasteiger partial charge on any atom is -0.490 e. The van der Waals surface area contributed by atoms with Crippen molar-refractivity contribution in [2.75, 3.05) is 39.4 Å². The summed E-state index contributed by atoms with van der Waals surface area (Å²) >= 11 is 0. The summed E-state index contributed by atoms with van der Waals surface area (Å²) in [6, 6.07) is 6.26. The van der Waals surface area contributed by atoms with Crippen molar-refractivity contribution in [3.8, 4) is 11.5 Å². The van der Waals surface area contributed by atoms with Gasteiger partial charge in [0, 0.05) is 26.1 Å². The molecule has 4 nitrogen and oxygen atoms in total. The van der Waals surface area contributed by atoms with Crippen molar-refractivity contribution in [3.05, 3.63) is 23.8 Å². The lowest BCUT2D eigenvalue weighted by molar-refractivity contribution is 0.229. The highest BCUT2D eigenvalue weighted by molar-refractivity contribution is 5.43. The van der Waals surface area contributed by atoms with Gasteiger partial charge in [-0.3, -0.25) is 0 Å². The van der Waals surface area contributed by atoms with E-state index in [-0.39, 0.29) is 0 Å². The van der Waals surface area contributed by atoms with Crippen LogP contribution in [0.25, 0.3) is 0 Å². The number of fused-ring (bicyclic) bond motifs is 1. The molecule has 0 spiro atoms. The second-order valence-electron chi connectivity index (χ2n) is 5.91. The SMILES string of the molecule is c1cc2c(cc1CNCCN1CCCCC1)OCCCO2. The maximum atomic E-state index is 5.73. The zero-order valence-electron chi connectivity index (χ0n) is 12.8. The minimum absolute atomic E-state index is 0.749. The highest BCUT2D eigenvalue weighted by atomic mass is 16.5. The average molecular weight is 290 g/mol. The molecule has 4 heteroatoms. The van der Waals surface area contributed by atoms with Crippen LogP contribution in [-0.2, 0) is 6.54 Å². The number of piperidine rings is 1. The zero-order chi connectivity index (χ0) is 14.3. The molecule has 0 bridgehead atoms. The Morgan fingerprint density at radius 3 is 2.62 bits per heavy atom. The number of rotatable bonds is 5. The van der Waals surface area contributed by atoms with Crippen LogP contribution >= 0.6 is 0 Å². The van der Waals surface area contributed by atoms with Gasteiger partial charge in [-0.15, -0.1) is 0 Å². The van der Waals surface area contributed by atoms with Crippen LogP contribution in [0.5, 0.6) is 11.5 Å². The van der Waals surface area contributed by atoms with E-state index in [1.807, 2.05) is 6.07 Å². The Labute approximate surface area is 127 Å². The fourth-order valence-corrected chi connectivity index (χ4v) is 2.97. The Bertz CT molecular complexity index is 444. The third-order valence-electron chi connectivity index (χ3n) is 4.19. The monoisotopic (exact) mass is 290 g/mol. The van der Waals surface area contributed by atoms with Gasteiger partial charge in [0.1, 0.15) is 0 Å². The molecule has 0 unspecified atom stereocenters. The maximum Gasteiger partial charge on any atom is 0.161 e. The van der Waals surface area contributed by atoms with Crippen molar-refractivity contribution in [2.45, 2.75) is 32.2 Å². The van der Waals surface area contributed by atoms with Crippen molar-refractivity contribution < 1.29 is 9.47 Å². The maximum absolute atomic E-state index is 5.73. The normalized spacial score (nSPS) is 19.2. The van der Waals surface area contributed by atoms with E-state index in [4.69, 9.17) is 9.47 Å². The Morgan fingerprint density at radius 2 is 1.76 bits per heavy atom. The van der Waals surface area contributed by atoms with Crippen LogP contribution < -0.4 is 14.8 Å². The molecule has 21 heavy (non-hydrogen) atoms. The number of nitrogens with one attached hydrogen (secondary N) is 1. The Balaban J connectivity index is 1.43. The molecule has 1 aromatic rings. The van der Waals surface area contributed by atoms with Gasteiger partial charge < -0.3 is 19.7 Å². The highest BCUT2D eigenvalue weighted by Crippen LogP contribution is 2.30. The van der Waals surface area contributed by atoms with Gasteiger partial charge in [0.2, 0.25) is 0 Å². The number of nitrogens with zero attached hydrogens (tertiary/aromatic N) is 1. The molecule has 1 aromatic carbocycles. The second-order valence-corrected chi connectivity index (χ2v) is 5.91. The van der Waals surface area contributed by atoms with Gasteiger partial charge in [-0.2, -0.15) is 0 Å². The standard InChI is InChI=1S/C17H26N2O2/c1-2-8-19(9-3-1)10-7-18-14-15-5-6-16-17(13-15)21-12-4-11-20-16/h5-6,13,18H,1-4,7-12,14H2. The molecule has 2 aliphatic rings. The van der Waals surface area contributed by atoms with Crippen LogP contribution in [0.4, 0.5) is 0 Å². The van der Waals surface area contributed by atoms with Crippen LogP contribution in [0.15, 0.2) is 18.2 Å². The van der Waals surface area contributed by atoms with Gasteiger partial charge in [0.25, 0.3) is 0 Å². The number of hydrogen-bond donors (Lipinski definition) is 1. The number of likely N-dealkylation sites (tertiary alicyclic amines) is 1.